The van der Waals surface area contributed by atoms with Crippen LogP contribution in [0.3, 0.4) is 0 Å². The van der Waals surface area contributed by atoms with E-state index in [1.165, 1.54) is 6.42 Å². The summed E-state index contributed by atoms with van der Waals surface area (Å²) in [7, 11) is 0. The Bertz CT molecular complexity index is 594. The topological polar surface area (TPSA) is 50.8 Å². The summed E-state index contributed by atoms with van der Waals surface area (Å²) in [5, 5.41) is 3.06. The molecular weight excluding hydrogens is 304 g/mol. The van der Waals surface area contributed by atoms with Crippen molar-refractivity contribution in [3.8, 4) is 5.75 Å². The number of nitrogens with one attached hydrogen (secondary N) is 1. The molecule has 4 atom stereocenters. The molecule has 3 fully saturated rings. The molecule has 1 aromatic rings. The maximum Gasteiger partial charge on any atom is 0.257 e. The van der Waals surface area contributed by atoms with Gasteiger partial charge in [0.15, 0.2) is 6.61 Å². The Labute approximate surface area is 143 Å². The minimum atomic E-state index is -0.0546. The molecule has 24 heavy (non-hydrogen) atoms. The van der Waals surface area contributed by atoms with Crippen molar-refractivity contribution in [2.75, 3.05) is 32.8 Å². The maximum absolute atomic E-state index is 12.1. The maximum atomic E-state index is 12.1. The third-order valence-corrected chi connectivity index (χ3v) is 5.95. The Morgan fingerprint density at radius 1 is 1.42 bits per heavy atom. The Kier molecular flexibility index (Phi) is 4.22. The molecule has 2 bridgehead atoms. The van der Waals surface area contributed by atoms with Gasteiger partial charge in [-0.1, -0.05) is 25.1 Å². The van der Waals surface area contributed by atoms with Crippen LogP contribution < -0.4 is 10.1 Å². The highest BCUT2D eigenvalue weighted by Gasteiger charge is 2.62. The van der Waals surface area contributed by atoms with Crippen LogP contribution in [0.1, 0.15) is 19.8 Å². The zero-order chi connectivity index (χ0) is 16.6. The minimum absolute atomic E-state index is 0.0546. The largest absolute Gasteiger partial charge is 0.484 e. The van der Waals surface area contributed by atoms with Gasteiger partial charge in [0.05, 0.1) is 11.7 Å². The number of likely N-dealkylation sites (tertiary alicyclic amines) is 1. The molecule has 0 radical (unpaired) electrons. The van der Waals surface area contributed by atoms with Crippen LogP contribution in [-0.2, 0) is 9.53 Å². The Balaban J connectivity index is 1.29. The molecule has 5 heteroatoms. The fourth-order valence-electron chi connectivity index (χ4n) is 4.75. The number of carbonyl (C=O) groups excluding carboxylic acids is 1. The van der Waals surface area contributed by atoms with Gasteiger partial charge in [-0.05, 0) is 31.5 Å². The molecule has 130 valence electrons. The van der Waals surface area contributed by atoms with Gasteiger partial charge in [0.1, 0.15) is 5.75 Å². The van der Waals surface area contributed by atoms with Crippen LogP contribution in [0.5, 0.6) is 5.75 Å². The second-order valence-electron chi connectivity index (χ2n) is 7.26. The molecule has 3 heterocycles. The average Bonchev–Trinajstić information content (AvgIpc) is 3.27. The van der Waals surface area contributed by atoms with Gasteiger partial charge in [0, 0.05) is 31.5 Å². The van der Waals surface area contributed by atoms with Crippen molar-refractivity contribution in [1.29, 1.82) is 0 Å². The lowest BCUT2D eigenvalue weighted by molar-refractivity contribution is -0.123. The zero-order valence-electron chi connectivity index (χ0n) is 14.2. The first-order valence-corrected chi connectivity index (χ1v) is 9.05. The molecule has 5 nitrogen and oxygen atoms in total. The summed E-state index contributed by atoms with van der Waals surface area (Å²) in [6, 6.07) is 9.45. The van der Waals surface area contributed by atoms with Crippen LogP contribution in [0.15, 0.2) is 30.3 Å². The van der Waals surface area contributed by atoms with E-state index >= 15 is 0 Å². The monoisotopic (exact) mass is 330 g/mol. The van der Waals surface area contributed by atoms with Crippen LogP contribution >= 0.6 is 0 Å². The highest BCUT2D eigenvalue weighted by Crippen LogP contribution is 2.54. The van der Waals surface area contributed by atoms with Gasteiger partial charge in [-0.15, -0.1) is 0 Å². The Hall–Kier alpha value is -1.59. The van der Waals surface area contributed by atoms with Gasteiger partial charge in [0.2, 0.25) is 0 Å². The standard InChI is InChI=1S/C19H26N2O3/c1-2-21-11-16-15(17-8-9-19(16,13-21)24-17)10-20-18(22)12-23-14-6-4-3-5-7-14/h3-7,15-17H,2,8-13H2,1H3,(H,20,22)/t15-,16+,17+,19+/m0/s1. The van der Waals surface area contributed by atoms with Gasteiger partial charge in [0.25, 0.3) is 5.91 Å². The van der Waals surface area contributed by atoms with Crippen molar-refractivity contribution in [3.05, 3.63) is 30.3 Å². The molecule has 0 aliphatic carbocycles. The van der Waals surface area contributed by atoms with Crippen LogP contribution in [-0.4, -0.2) is 55.3 Å². The SMILES string of the molecule is CCN1C[C@@H]2[C@H](CNC(=O)COc3ccccc3)[C@H]3CC[C@]2(C1)O3. The molecule has 1 N–H and O–H groups in total. The van der Waals surface area contributed by atoms with Gasteiger partial charge in [-0.25, -0.2) is 0 Å². The number of benzene rings is 1. The predicted octanol–water partition coefficient (Wildman–Crippen LogP) is 1.68. The molecule has 0 unspecified atom stereocenters. The second kappa shape index (κ2) is 6.37. The molecule has 0 aromatic heterocycles. The van der Waals surface area contributed by atoms with Crippen molar-refractivity contribution in [2.45, 2.75) is 31.5 Å². The number of amides is 1. The lowest BCUT2D eigenvalue weighted by atomic mass is 9.73. The fourth-order valence-corrected chi connectivity index (χ4v) is 4.75. The number of hydrogen-bond donors (Lipinski definition) is 1. The molecule has 1 amide bonds. The minimum Gasteiger partial charge on any atom is -0.484 e. The average molecular weight is 330 g/mol. The highest BCUT2D eigenvalue weighted by atomic mass is 16.5. The molecule has 3 saturated heterocycles. The lowest BCUT2D eigenvalue weighted by Gasteiger charge is -2.29. The van der Waals surface area contributed by atoms with Gasteiger partial charge < -0.3 is 19.7 Å². The first-order valence-electron chi connectivity index (χ1n) is 9.05. The first kappa shape index (κ1) is 15.9. The number of likely N-dealkylation sites (N-methyl/N-ethyl adjacent to an activating group) is 1. The number of para-hydroxylation sites is 1. The predicted molar refractivity (Wildman–Crippen MR) is 90.9 cm³/mol. The van der Waals surface area contributed by atoms with E-state index in [4.69, 9.17) is 9.47 Å². The van der Waals surface area contributed by atoms with Crippen molar-refractivity contribution >= 4 is 5.91 Å². The van der Waals surface area contributed by atoms with Crippen LogP contribution in [0.2, 0.25) is 0 Å². The summed E-state index contributed by atoms with van der Waals surface area (Å²) < 4.78 is 11.9. The molecular formula is C19H26N2O3. The molecule has 1 aromatic carbocycles. The van der Waals surface area contributed by atoms with E-state index in [2.05, 4.69) is 17.1 Å². The van der Waals surface area contributed by atoms with Crippen LogP contribution in [0.4, 0.5) is 0 Å². The number of ether oxygens (including phenoxy) is 2. The molecule has 0 saturated carbocycles. The molecule has 1 spiro atoms. The molecule has 3 aliphatic heterocycles. The van der Waals surface area contributed by atoms with Crippen LogP contribution in [0.25, 0.3) is 0 Å². The van der Waals surface area contributed by atoms with Crippen molar-refractivity contribution in [2.24, 2.45) is 11.8 Å². The fraction of sp³-hybridized carbons (Fsp3) is 0.632. The summed E-state index contributed by atoms with van der Waals surface area (Å²) in [6.45, 7) is 6.23. The highest BCUT2D eigenvalue weighted by molar-refractivity contribution is 5.77. The second-order valence-corrected chi connectivity index (χ2v) is 7.26. The first-order chi connectivity index (χ1) is 11.7. The van der Waals surface area contributed by atoms with E-state index in [0.29, 0.717) is 24.5 Å². The Morgan fingerprint density at radius 2 is 2.25 bits per heavy atom. The normalized spacial score (nSPS) is 34.3. The van der Waals surface area contributed by atoms with E-state index in [9.17, 15) is 4.79 Å². The summed E-state index contributed by atoms with van der Waals surface area (Å²) >= 11 is 0. The third kappa shape index (κ3) is 2.80. The summed E-state index contributed by atoms with van der Waals surface area (Å²) in [6.07, 6.45) is 2.64. The van der Waals surface area contributed by atoms with Crippen molar-refractivity contribution < 1.29 is 14.3 Å². The summed E-state index contributed by atoms with van der Waals surface area (Å²) in [5.74, 6) is 1.67. The van der Waals surface area contributed by atoms with Gasteiger partial charge in [-0.2, -0.15) is 0 Å². The lowest BCUT2D eigenvalue weighted by Crippen LogP contribution is -2.42. The number of nitrogens with zero attached hydrogens (tertiary/aromatic N) is 1. The van der Waals surface area contributed by atoms with E-state index < -0.39 is 0 Å². The smallest absolute Gasteiger partial charge is 0.257 e. The molecule has 3 aliphatic rings. The number of rotatable bonds is 6. The molecule has 4 rings (SSSR count). The van der Waals surface area contributed by atoms with E-state index in [1.807, 2.05) is 30.3 Å². The Morgan fingerprint density at radius 3 is 3.04 bits per heavy atom. The number of hydrogen-bond acceptors (Lipinski definition) is 4. The van der Waals surface area contributed by atoms with Crippen LogP contribution in [0, 0.1) is 11.8 Å². The summed E-state index contributed by atoms with van der Waals surface area (Å²) in [4.78, 5) is 14.6. The quantitative estimate of drug-likeness (QED) is 0.862. The van der Waals surface area contributed by atoms with Crippen molar-refractivity contribution in [3.63, 3.8) is 0 Å². The number of fused-ring (bicyclic) bond motifs is 1. The van der Waals surface area contributed by atoms with Gasteiger partial charge >= 0.3 is 0 Å². The zero-order valence-corrected chi connectivity index (χ0v) is 14.2. The summed E-state index contributed by atoms with van der Waals surface area (Å²) in [5.41, 5.74) is 0.0661. The van der Waals surface area contributed by atoms with Crippen molar-refractivity contribution in [1.82, 2.24) is 10.2 Å². The van der Waals surface area contributed by atoms with Gasteiger partial charge in [-0.3, -0.25) is 4.79 Å². The van der Waals surface area contributed by atoms with E-state index in [1.54, 1.807) is 0 Å². The number of carbonyl (C=O) groups is 1. The third-order valence-electron chi connectivity index (χ3n) is 5.95. The van der Waals surface area contributed by atoms with E-state index in [-0.39, 0.29) is 18.1 Å². The van der Waals surface area contributed by atoms with E-state index in [0.717, 1.165) is 31.8 Å².